The Morgan fingerprint density at radius 1 is 1.17 bits per heavy atom. The van der Waals surface area contributed by atoms with E-state index in [4.69, 9.17) is 10.00 Å². The van der Waals surface area contributed by atoms with Crippen molar-refractivity contribution in [2.24, 2.45) is 0 Å². The zero-order valence-electron chi connectivity index (χ0n) is 13.5. The van der Waals surface area contributed by atoms with E-state index in [2.05, 4.69) is 21.5 Å². The Morgan fingerprint density at radius 2 is 1.96 bits per heavy atom. The normalized spacial score (nSPS) is 10.2. The molecule has 1 N–H and O–H groups in total. The second-order valence-corrected chi connectivity index (χ2v) is 5.28. The number of pyridine rings is 1. The van der Waals surface area contributed by atoms with Crippen LogP contribution in [0.1, 0.15) is 17.0 Å². The van der Waals surface area contributed by atoms with Crippen LogP contribution in [0.5, 0.6) is 5.75 Å². The predicted octanol–water partition coefficient (Wildman–Crippen LogP) is 3.07. The van der Waals surface area contributed by atoms with Gasteiger partial charge in [0.15, 0.2) is 0 Å². The number of benzene rings is 1. The highest BCUT2D eigenvalue weighted by molar-refractivity contribution is 5.43. The van der Waals surface area contributed by atoms with Crippen LogP contribution in [-0.2, 0) is 6.54 Å². The second kappa shape index (κ2) is 6.84. The molecule has 0 aliphatic carbocycles. The number of methoxy groups -OCH3 is 1. The lowest BCUT2D eigenvalue weighted by atomic mass is 10.2. The fourth-order valence-electron chi connectivity index (χ4n) is 2.26. The van der Waals surface area contributed by atoms with Gasteiger partial charge in [-0.1, -0.05) is 6.07 Å². The molecule has 0 amide bonds. The minimum atomic E-state index is 0.434. The maximum Gasteiger partial charge on any atom is 0.145 e. The first-order valence-electron chi connectivity index (χ1n) is 7.50. The van der Waals surface area contributed by atoms with Crippen molar-refractivity contribution in [2.75, 3.05) is 12.4 Å². The first kappa shape index (κ1) is 15.6. The van der Waals surface area contributed by atoms with E-state index in [9.17, 15) is 0 Å². The highest BCUT2D eigenvalue weighted by Crippen LogP contribution is 2.15. The molecule has 120 valence electrons. The van der Waals surface area contributed by atoms with Crippen LogP contribution in [0.3, 0.4) is 0 Å². The lowest BCUT2D eigenvalue weighted by Crippen LogP contribution is -2.04. The third-order valence-electron chi connectivity index (χ3n) is 3.63. The van der Waals surface area contributed by atoms with Gasteiger partial charge >= 0.3 is 0 Å². The Morgan fingerprint density at radius 3 is 2.67 bits per heavy atom. The number of nitrogens with zero attached hydrogens (tertiary/aromatic N) is 4. The topological polar surface area (TPSA) is 75.8 Å². The molecular formula is C18H17N5O. The van der Waals surface area contributed by atoms with Crippen LogP contribution in [0.15, 0.2) is 48.7 Å². The van der Waals surface area contributed by atoms with Crippen LogP contribution in [0, 0.1) is 18.3 Å². The summed E-state index contributed by atoms with van der Waals surface area (Å²) in [5.41, 5.74) is 3.14. The Bertz CT molecular complexity index is 877. The average Bonchev–Trinajstić information content (AvgIpc) is 3.10. The summed E-state index contributed by atoms with van der Waals surface area (Å²) in [7, 11) is 1.64. The Balaban J connectivity index is 1.69. The van der Waals surface area contributed by atoms with E-state index in [1.54, 1.807) is 11.8 Å². The number of aromatic nitrogens is 3. The minimum Gasteiger partial charge on any atom is -0.497 e. The summed E-state index contributed by atoms with van der Waals surface area (Å²) in [6.07, 6.45) is 1.90. The van der Waals surface area contributed by atoms with Gasteiger partial charge in [-0.15, -0.1) is 0 Å². The highest BCUT2D eigenvalue weighted by atomic mass is 16.5. The molecule has 0 aliphatic heterocycles. The Kier molecular flexibility index (Phi) is 4.43. The smallest absolute Gasteiger partial charge is 0.145 e. The largest absolute Gasteiger partial charge is 0.497 e. The summed E-state index contributed by atoms with van der Waals surface area (Å²) in [6.45, 7) is 2.40. The summed E-state index contributed by atoms with van der Waals surface area (Å²) in [5, 5.41) is 16.7. The van der Waals surface area contributed by atoms with Crippen molar-refractivity contribution in [1.82, 2.24) is 14.8 Å². The van der Waals surface area contributed by atoms with Crippen LogP contribution >= 0.6 is 0 Å². The summed E-state index contributed by atoms with van der Waals surface area (Å²) in [5.74, 6) is 1.47. The molecule has 0 saturated heterocycles. The van der Waals surface area contributed by atoms with Crippen LogP contribution in [0.2, 0.25) is 0 Å². The van der Waals surface area contributed by atoms with E-state index in [0.717, 1.165) is 22.7 Å². The average molecular weight is 319 g/mol. The standard InChI is InChI=1S/C18H17N5O/c1-13-3-8-18(21-17(13)11-19)20-12-14-9-10-23(22-14)15-4-6-16(24-2)7-5-15/h3-10H,12H2,1-2H3,(H,20,21). The van der Waals surface area contributed by atoms with Gasteiger partial charge < -0.3 is 10.1 Å². The fourth-order valence-corrected chi connectivity index (χ4v) is 2.26. The van der Waals surface area contributed by atoms with Crippen molar-refractivity contribution < 1.29 is 4.74 Å². The van der Waals surface area contributed by atoms with Crippen LogP contribution in [0.25, 0.3) is 5.69 Å². The molecule has 0 spiro atoms. The van der Waals surface area contributed by atoms with Crippen molar-refractivity contribution in [3.63, 3.8) is 0 Å². The van der Waals surface area contributed by atoms with E-state index in [1.807, 2.05) is 55.6 Å². The van der Waals surface area contributed by atoms with Crippen LogP contribution in [0.4, 0.5) is 5.82 Å². The molecule has 6 nitrogen and oxygen atoms in total. The number of rotatable bonds is 5. The number of hydrogen-bond acceptors (Lipinski definition) is 5. The number of hydrogen-bond donors (Lipinski definition) is 1. The van der Waals surface area contributed by atoms with Crippen molar-refractivity contribution in [2.45, 2.75) is 13.5 Å². The molecule has 0 bridgehead atoms. The minimum absolute atomic E-state index is 0.434. The number of ether oxygens (including phenoxy) is 1. The SMILES string of the molecule is COc1ccc(-n2ccc(CNc3ccc(C)c(C#N)n3)n2)cc1. The Labute approximate surface area is 140 Å². The maximum absolute atomic E-state index is 9.03. The molecule has 1 aromatic carbocycles. The van der Waals surface area contributed by atoms with Gasteiger partial charge in [-0.25, -0.2) is 9.67 Å². The molecule has 24 heavy (non-hydrogen) atoms. The highest BCUT2D eigenvalue weighted by Gasteiger charge is 2.04. The summed E-state index contributed by atoms with van der Waals surface area (Å²) >= 11 is 0. The van der Waals surface area contributed by atoms with Gasteiger partial charge in [0.2, 0.25) is 0 Å². The van der Waals surface area contributed by atoms with Gasteiger partial charge in [-0.2, -0.15) is 10.4 Å². The molecule has 0 atom stereocenters. The van der Waals surface area contributed by atoms with E-state index >= 15 is 0 Å². The molecular weight excluding hydrogens is 302 g/mol. The number of nitriles is 1. The van der Waals surface area contributed by atoms with E-state index in [1.165, 1.54) is 0 Å². The number of nitrogens with one attached hydrogen (secondary N) is 1. The third-order valence-corrected chi connectivity index (χ3v) is 3.63. The van der Waals surface area contributed by atoms with Gasteiger partial charge in [0.25, 0.3) is 0 Å². The molecule has 0 radical (unpaired) electrons. The molecule has 3 aromatic rings. The molecule has 0 unspecified atom stereocenters. The first-order chi connectivity index (χ1) is 11.7. The van der Waals surface area contributed by atoms with Gasteiger partial charge in [0.1, 0.15) is 23.3 Å². The predicted molar refractivity (Wildman–Crippen MR) is 91.1 cm³/mol. The molecule has 0 aliphatic rings. The molecule has 3 rings (SSSR count). The summed E-state index contributed by atoms with van der Waals surface area (Å²) in [4.78, 5) is 4.27. The lowest BCUT2D eigenvalue weighted by Gasteiger charge is -2.05. The molecule has 0 fully saturated rings. The lowest BCUT2D eigenvalue weighted by molar-refractivity contribution is 0.414. The van der Waals surface area contributed by atoms with Crippen molar-refractivity contribution in [3.8, 4) is 17.5 Å². The van der Waals surface area contributed by atoms with E-state index in [-0.39, 0.29) is 0 Å². The summed E-state index contributed by atoms with van der Waals surface area (Å²) < 4.78 is 6.96. The maximum atomic E-state index is 9.03. The number of aryl methyl sites for hydroxylation is 1. The van der Waals surface area contributed by atoms with Gasteiger partial charge in [0, 0.05) is 6.20 Å². The van der Waals surface area contributed by atoms with E-state index < -0.39 is 0 Å². The van der Waals surface area contributed by atoms with Gasteiger partial charge in [-0.3, -0.25) is 0 Å². The number of anilines is 1. The quantitative estimate of drug-likeness (QED) is 0.782. The molecule has 2 heterocycles. The van der Waals surface area contributed by atoms with Crippen molar-refractivity contribution in [1.29, 1.82) is 5.26 Å². The summed E-state index contributed by atoms with van der Waals surface area (Å²) in [6, 6.07) is 15.5. The molecule has 6 heteroatoms. The van der Waals surface area contributed by atoms with Gasteiger partial charge in [-0.05, 0) is 48.9 Å². The monoisotopic (exact) mass is 319 g/mol. The third kappa shape index (κ3) is 3.36. The second-order valence-electron chi connectivity index (χ2n) is 5.28. The van der Waals surface area contributed by atoms with Crippen LogP contribution in [-0.4, -0.2) is 21.9 Å². The van der Waals surface area contributed by atoms with Crippen molar-refractivity contribution in [3.05, 3.63) is 65.6 Å². The first-order valence-corrected chi connectivity index (χ1v) is 7.50. The molecule has 0 saturated carbocycles. The fraction of sp³-hybridized carbons (Fsp3) is 0.167. The van der Waals surface area contributed by atoms with Crippen molar-refractivity contribution >= 4 is 5.82 Å². The zero-order valence-corrected chi connectivity index (χ0v) is 13.5. The van der Waals surface area contributed by atoms with Crippen LogP contribution < -0.4 is 10.1 Å². The Hall–Kier alpha value is -3.33. The molecule has 2 aromatic heterocycles. The van der Waals surface area contributed by atoms with Gasteiger partial charge in [0.05, 0.1) is 25.0 Å². The van der Waals surface area contributed by atoms with E-state index in [0.29, 0.717) is 18.1 Å². The zero-order chi connectivity index (χ0) is 16.9.